The number of hydrogen-bond acceptors (Lipinski definition) is 5. The summed E-state index contributed by atoms with van der Waals surface area (Å²) in [6, 6.07) is 11.9. The van der Waals surface area contributed by atoms with Gasteiger partial charge in [-0.1, -0.05) is 28.1 Å². The molecule has 1 saturated heterocycles. The summed E-state index contributed by atoms with van der Waals surface area (Å²) < 4.78 is 18.4. The van der Waals surface area contributed by atoms with Crippen LogP contribution in [0.4, 0.5) is 11.4 Å². The van der Waals surface area contributed by atoms with Gasteiger partial charge in [0.15, 0.2) is 0 Å². The average Bonchev–Trinajstić information content (AvgIpc) is 3.59. The SMILES string of the molecule is CCOc1cc(N2CCOCC2)c(OCC)cc1NC(=O)C1(c2ccc(Br)cc2)CC1. The highest BCUT2D eigenvalue weighted by Crippen LogP contribution is 2.50. The van der Waals surface area contributed by atoms with Gasteiger partial charge in [0.1, 0.15) is 11.5 Å². The lowest BCUT2D eigenvalue weighted by atomic mass is 9.95. The van der Waals surface area contributed by atoms with Crippen molar-refractivity contribution in [3.05, 3.63) is 46.4 Å². The Hall–Kier alpha value is -2.25. The molecule has 2 fully saturated rings. The fourth-order valence-electron chi connectivity index (χ4n) is 4.03. The Morgan fingerprint density at radius 1 is 1.06 bits per heavy atom. The zero-order chi connectivity index (χ0) is 21.8. The highest BCUT2D eigenvalue weighted by molar-refractivity contribution is 9.10. The summed E-state index contributed by atoms with van der Waals surface area (Å²) in [5.74, 6) is 1.40. The van der Waals surface area contributed by atoms with E-state index in [1.807, 2.05) is 50.2 Å². The molecule has 2 aromatic rings. The molecule has 0 aromatic heterocycles. The van der Waals surface area contributed by atoms with Gasteiger partial charge in [-0.05, 0) is 44.4 Å². The molecule has 4 rings (SSSR count). The highest BCUT2D eigenvalue weighted by atomic mass is 79.9. The van der Waals surface area contributed by atoms with Crippen LogP contribution in [0.3, 0.4) is 0 Å². The van der Waals surface area contributed by atoms with Crippen molar-refractivity contribution in [2.45, 2.75) is 32.1 Å². The molecule has 2 aromatic carbocycles. The van der Waals surface area contributed by atoms with Crippen molar-refractivity contribution in [1.82, 2.24) is 0 Å². The van der Waals surface area contributed by atoms with E-state index < -0.39 is 5.41 Å². The quantitative estimate of drug-likeness (QED) is 0.580. The van der Waals surface area contributed by atoms with Crippen LogP contribution in [0.25, 0.3) is 0 Å². The summed E-state index contributed by atoms with van der Waals surface area (Å²) in [5.41, 5.74) is 2.19. The topological polar surface area (TPSA) is 60.0 Å². The molecule has 1 amide bonds. The second-order valence-electron chi connectivity index (χ2n) is 7.82. The summed E-state index contributed by atoms with van der Waals surface area (Å²) in [7, 11) is 0. The first-order valence-electron chi connectivity index (χ1n) is 10.9. The van der Waals surface area contributed by atoms with E-state index in [9.17, 15) is 4.79 Å². The highest BCUT2D eigenvalue weighted by Gasteiger charge is 2.51. The molecule has 2 aliphatic rings. The van der Waals surface area contributed by atoms with Crippen LogP contribution in [0, 0.1) is 0 Å². The van der Waals surface area contributed by atoms with E-state index in [0.29, 0.717) is 37.9 Å². The fourth-order valence-corrected chi connectivity index (χ4v) is 4.29. The van der Waals surface area contributed by atoms with E-state index in [1.54, 1.807) is 0 Å². The monoisotopic (exact) mass is 488 g/mol. The van der Waals surface area contributed by atoms with Crippen molar-refractivity contribution >= 4 is 33.2 Å². The van der Waals surface area contributed by atoms with Crippen LogP contribution in [-0.4, -0.2) is 45.4 Å². The van der Waals surface area contributed by atoms with Crippen molar-refractivity contribution < 1.29 is 19.0 Å². The van der Waals surface area contributed by atoms with Crippen LogP contribution in [0.5, 0.6) is 11.5 Å². The lowest BCUT2D eigenvalue weighted by Gasteiger charge is -2.31. The molecule has 0 atom stereocenters. The maximum atomic E-state index is 13.3. The second kappa shape index (κ2) is 9.49. The number of nitrogens with zero attached hydrogens (tertiary/aromatic N) is 1. The molecule has 1 heterocycles. The van der Waals surface area contributed by atoms with Gasteiger partial charge in [-0.25, -0.2) is 0 Å². The predicted molar refractivity (Wildman–Crippen MR) is 125 cm³/mol. The van der Waals surface area contributed by atoms with Gasteiger partial charge in [0.05, 0.1) is 43.2 Å². The van der Waals surface area contributed by atoms with E-state index in [0.717, 1.165) is 47.4 Å². The number of morpholine rings is 1. The minimum Gasteiger partial charge on any atom is -0.492 e. The van der Waals surface area contributed by atoms with Crippen LogP contribution in [-0.2, 0) is 14.9 Å². The second-order valence-corrected chi connectivity index (χ2v) is 8.74. The van der Waals surface area contributed by atoms with Gasteiger partial charge in [0.2, 0.25) is 5.91 Å². The third-order valence-corrected chi connectivity index (χ3v) is 6.37. The molecular formula is C24H29BrN2O4. The summed E-state index contributed by atoms with van der Waals surface area (Å²) in [4.78, 5) is 15.6. The summed E-state index contributed by atoms with van der Waals surface area (Å²) in [6.45, 7) is 7.92. The molecule has 1 aliphatic heterocycles. The lowest BCUT2D eigenvalue weighted by molar-refractivity contribution is -0.118. The zero-order valence-corrected chi connectivity index (χ0v) is 19.7. The van der Waals surface area contributed by atoms with E-state index in [-0.39, 0.29) is 5.91 Å². The Morgan fingerprint density at radius 3 is 2.32 bits per heavy atom. The molecule has 7 heteroatoms. The minimum absolute atomic E-state index is 0.00246. The number of hydrogen-bond donors (Lipinski definition) is 1. The third kappa shape index (κ3) is 4.67. The Bertz CT molecular complexity index is 922. The van der Waals surface area contributed by atoms with Crippen molar-refractivity contribution in [3.8, 4) is 11.5 Å². The lowest BCUT2D eigenvalue weighted by Crippen LogP contribution is -2.36. The van der Waals surface area contributed by atoms with Gasteiger partial charge in [-0.15, -0.1) is 0 Å². The van der Waals surface area contributed by atoms with Crippen molar-refractivity contribution in [2.24, 2.45) is 0 Å². The first-order chi connectivity index (χ1) is 15.1. The van der Waals surface area contributed by atoms with Crippen LogP contribution in [0.15, 0.2) is 40.9 Å². The molecular weight excluding hydrogens is 460 g/mol. The maximum Gasteiger partial charge on any atom is 0.235 e. The zero-order valence-electron chi connectivity index (χ0n) is 18.1. The Kier molecular flexibility index (Phi) is 6.72. The van der Waals surface area contributed by atoms with Gasteiger partial charge in [-0.3, -0.25) is 4.79 Å². The number of carbonyl (C=O) groups is 1. The van der Waals surface area contributed by atoms with Crippen LogP contribution in [0.2, 0.25) is 0 Å². The van der Waals surface area contributed by atoms with Crippen molar-refractivity contribution in [1.29, 1.82) is 0 Å². The van der Waals surface area contributed by atoms with E-state index in [2.05, 4.69) is 26.1 Å². The number of anilines is 2. The van der Waals surface area contributed by atoms with E-state index >= 15 is 0 Å². The Labute approximate surface area is 192 Å². The predicted octanol–water partition coefficient (Wildman–Crippen LogP) is 4.75. The first kappa shape index (κ1) is 22.0. The molecule has 166 valence electrons. The number of carbonyl (C=O) groups excluding carboxylic acids is 1. The van der Waals surface area contributed by atoms with Gasteiger partial charge < -0.3 is 24.4 Å². The third-order valence-electron chi connectivity index (χ3n) is 5.84. The number of ether oxygens (including phenoxy) is 3. The molecule has 31 heavy (non-hydrogen) atoms. The van der Waals surface area contributed by atoms with Crippen LogP contribution >= 0.6 is 15.9 Å². The smallest absolute Gasteiger partial charge is 0.235 e. The molecule has 0 radical (unpaired) electrons. The summed E-state index contributed by atoms with van der Waals surface area (Å²) in [5, 5.41) is 3.14. The van der Waals surface area contributed by atoms with Crippen LogP contribution in [0.1, 0.15) is 32.3 Å². The molecule has 1 saturated carbocycles. The number of amides is 1. The Balaban J connectivity index is 1.64. The standard InChI is InChI=1S/C24H29BrN2O4/c1-3-30-21-16-20(27-11-13-29-14-12-27)22(31-4-2)15-19(21)26-23(28)24(9-10-24)17-5-7-18(25)8-6-17/h5-8,15-16H,3-4,9-14H2,1-2H3,(H,26,28). The van der Waals surface area contributed by atoms with Gasteiger partial charge in [0.25, 0.3) is 0 Å². The first-order valence-corrected chi connectivity index (χ1v) is 11.7. The number of nitrogens with one attached hydrogen (secondary N) is 1. The van der Waals surface area contributed by atoms with Gasteiger partial charge >= 0.3 is 0 Å². The molecule has 0 bridgehead atoms. The van der Waals surface area contributed by atoms with Gasteiger partial charge in [0, 0.05) is 29.7 Å². The van der Waals surface area contributed by atoms with Crippen LogP contribution < -0.4 is 19.7 Å². The number of halogens is 1. The Morgan fingerprint density at radius 2 is 1.71 bits per heavy atom. The fraction of sp³-hybridized carbons (Fsp3) is 0.458. The number of benzene rings is 2. The van der Waals surface area contributed by atoms with Gasteiger partial charge in [-0.2, -0.15) is 0 Å². The molecule has 6 nitrogen and oxygen atoms in total. The van der Waals surface area contributed by atoms with Crippen molar-refractivity contribution in [3.63, 3.8) is 0 Å². The van der Waals surface area contributed by atoms with Crippen molar-refractivity contribution in [2.75, 3.05) is 49.7 Å². The maximum absolute atomic E-state index is 13.3. The van der Waals surface area contributed by atoms with E-state index in [4.69, 9.17) is 14.2 Å². The largest absolute Gasteiger partial charge is 0.492 e. The average molecular weight is 489 g/mol. The minimum atomic E-state index is -0.473. The normalized spacial score (nSPS) is 17.2. The van der Waals surface area contributed by atoms with E-state index in [1.165, 1.54) is 0 Å². The summed E-state index contributed by atoms with van der Waals surface area (Å²) in [6.07, 6.45) is 1.68. The molecule has 1 N–H and O–H groups in total. The molecule has 0 unspecified atom stereocenters. The number of rotatable bonds is 8. The molecule has 1 aliphatic carbocycles. The summed E-state index contributed by atoms with van der Waals surface area (Å²) >= 11 is 3.47. The molecule has 0 spiro atoms.